The zero-order chi connectivity index (χ0) is 11.1. The van der Waals surface area contributed by atoms with Gasteiger partial charge in [-0.3, -0.25) is 0 Å². The fourth-order valence-corrected chi connectivity index (χ4v) is 2.26. The molecule has 1 aromatic rings. The van der Waals surface area contributed by atoms with Crippen LogP contribution in [-0.2, 0) is 4.74 Å². The average Bonchev–Trinajstić information content (AvgIpc) is 2.21. The monoisotopic (exact) mass is 246 g/mol. The second-order valence-corrected chi connectivity index (χ2v) is 4.42. The Bertz CT molecular complexity index is 289. The predicted molar refractivity (Wildman–Crippen MR) is 66.5 cm³/mol. The number of halogens is 1. The first kappa shape index (κ1) is 12.6. The molecule has 0 saturated heterocycles. The van der Waals surface area contributed by atoms with E-state index in [0.717, 1.165) is 10.6 Å². The Morgan fingerprint density at radius 3 is 2.80 bits per heavy atom. The summed E-state index contributed by atoms with van der Waals surface area (Å²) in [5, 5.41) is 0.693. The van der Waals surface area contributed by atoms with Crippen LogP contribution in [0.25, 0.3) is 0 Å². The van der Waals surface area contributed by atoms with E-state index in [1.807, 2.05) is 18.2 Å². The molecule has 0 amide bonds. The van der Waals surface area contributed by atoms with Gasteiger partial charge >= 0.3 is 0 Å². The van der Waals surface area contributed by atoms with E-state index in [1.165, 1.54) is 0 Å². The molecule has 0 aromatic heterocycles. The van der Waals surface area contributed by atoms with Crippen molar-refractivity contribution in [2.45, 2.75) is 4.90 Å². The molecule has 5 heteroatoms. The summed E-state index contributed by atoms with van der Waals surface area (Å²) in [5.41, 5.74) is 11.8. The van der Waals surface area contributed by atoms with Crippen LogP contribution in [0.2, 0.25) is 5.02 Å². The van der Waals surface area contributed by atoms with Crippen molar-refractivity contribution in [2.24, 2.45) is 5.73 Å². The van der Waals surface area contributed by atoms with E-state index in [-0.39, 0.29) is 0 Å². The molecule has 0 heterocycles. The number of rotatable bonds is 6. The van der Waals surface area contributed by atoms with Gasteiger partial charge in [-0.2, -0.15) is 0 Å². The Hall–Kier alpha value is -0.420. The summed E-state index contributed by atoms with van der Waals surface area (Å²) < 4.78 is 5.25. The average molecular weight is 247 g/mol. The van der Waals surface area contributed by atoms with Gasteiger partial charge in [-0.1, -0.05) is 17.7 Å². The summed E-state index contributed by atoms with van der Waals surface area (Å²) in [7, 11) is 0. The minimum absolute atomic E-state index is 0.554. The molecule has 0 aliphatic rings. The predicted octanol–water partition coefficient (Wildman–Crippen LogP) is 1.99. The molecule has 0 fully saturated rings. The van der Waals surface area contributed by atoms with Crippen molar-refractivity contribution in [2.75, 3.05) is 31.2 Å². The Balaban J connectivity index is 2.37. The minimum Gasteiger partial charge on any atom is -0.398 e. The third-order valence-corrected chi connectivity index (χ3v) is 3.28. The first-order valence-electron chi connectivity index (χ1n) is 4.70. The van der Waals surface area contributed by atoms with E-state index >= 15 is 0 Å². The van der Waals surface area contributed by atoms with Crippen molar-refractivity contribution in [3.05, 3.63) is 23.2 Å². The highest BCUT2D eigenvalue weighted by Crippen LogP contribution is 2.32. The normalized spacial score (nSPS) is 10.5. The number of nitrogen functional groups attached to an aromatic ring is 1. The fourth-order valence-electron chi connectivity index (χ4n) is 1.07. The maximum absolute atomic E-state index is 6.01. The molecule has 15 heavy (non-hydrogen) atoms. The third kappa shape index (κ3) is 4.30. The number of anilines is 1. The highest BCUT2D eigenvalue weighted by atomic mass is 35.5. The molecule has 1 rings (SSSR count). The minimum atomic E-state index is 0.554. The van der Waals surface area contributed by atoms with Gasteiger partial charge in [-0.25, -0.2) is 0 Å². The van der Waals surface area contributed by atoms with E-state index in [2.05, 4.69) is 0 Å². The fraction of sp³-hybridized carbons (Fsp3) is 0.400. The summed E-state index contributed by atoms with van der Waals surface area (Å²) in [6, 6.07) is 5.52. The third-order valence-electron chi connectivity index (χ3n) is 1.73. The molecule has 0 unspecified atom stereocenters. The van der Waals surface area contributed by atoms with Gasteiger partial charge in [-0.05, 0) is 12.1 Å². The summed E-state index contributed by atoms with van der Waals surface area (Å²) in [5.74, 6) is 0.827. The number of ether oxygens (including phenoxy) is 1. The highest BCUT2D eigenvalue weighted by Gasteiger charge is 2.04. The van der Waals surface area contributed by atoms with Crippen LogP contribution < -0.4 is 11.5 Å². The van der Waals surface area contributed by atoms with E-state index in [0.29, 0.717) is 30.5 Å². The van der Waals surface area contributed by atoms with Crippen LogP contribution in [0.15, 0.2) is 23.1 Å². The van der Waals surface area contributed by atoms with Gasteiger partial charge < -0.3 is 16.2 Å². The van der Waals surface area contributed by atoms with Crippen LogP contribution in [0.3, 0.4) is 0 Å². The van der Waals surface area contributed by atoms with Crippen molar-refractivity contribution in [1.29, 1.82) is 0 Å². The molecule has 0 saturated carbocycles. The van der Waals surface area contributed by atoms with Gasteiger partial charge in [0.2, 0.25) is 0 Å². The lowest BCUT2D eigenvalue weighted by atomic mass is 10.3. The quantitative estimate of drug-likeness (QED) is 0.458. The van der Waals surface area contributed by atoms with Crippen molar-refractivity contribution in [1.82, 2.24) is 0 Å². The Morgan fingerprint density at radius 2 is 2.13 bits per heavy atom. The number of benzene rings is 1. The van der Waals surface area contributed by atoms with E-state index < -0.39 is 0 Å². The van der Waals surface area contributed by atoms with Gasteiger partial charge in [0.15, 0.2) is 0 Å². The number of nitrogens with two attached hydrogens (primary N) is 2. The number of thioether (sulfide) groups is 1. The van der Waals surface area contributed by atoms with Crippen LogP contribution >= 0.6 is 23.4 Å². The van der Waals surface area contributed by atoms with Crippen molar-refractivity contribution in [3.8, 4) is 0 Å². The van der Waals surface area contributed by atoms with Gasteiger partial charge in [0.05, 0.1) is 18.2 Å². The Morgan fingerprint density at radius 1 is 1.33 bits per heavy atom. The molecular weight excluding hydrogens is 232 g/mol. The highest BCUT2D eigenvalue weighted by molar-refractivity contribution is 7.99. The zero-order valence-corrected chi connectivity index (χ0v) is 9.98. The molecule has 84 valence electrons. The standard InChI is InChI=1S/C10H15ClN2OS/c11-8-2-1-3-9(13)10(8)15-7-6-14-5-4-12/h1-3H,4-7,12-13H2. The molecule has 1 aromatic carbocycles. The second-order valence-electron chi connectivity index (χ2n) is 2.91. The van der Waals surface area contributed by atoms with Crippen molar-refractivity contribution in [3.63, 3.8) is 0 Å². The summed E-state index contributed by atoms with van der Waals surface area (Å²) >= 11 is 7.61. The number of hydrogen-bond acceptors (Lipinski definition) is 4. The summed E-state index contributed by atoms with van der Waals surface area (Å²) in [6.45, 7) is 1.81. The lowest BCUT2D eigenvalue weighted by Crippen LogP contribution is -2.09. The molecule has 0 aliphatic heterocycles. The summed E-state index contributed by atoms with van der Waals surface area (Å²) in [6.07, 6.45) is 0. The van der Waals surface area contributed by atoms with Gasteiger partial charge in [-0.15, -0.1) is 11.8 Å². The van der Waals surface area contributed by atoms with E-state index in [9.17, 15) is 0 Å². The molecule has 0 atom stereocenters. The molecule has 0 radical (unpaired) electrons. The lowest BCUT2D eigenvalue weighted by Gasteiger charge is -2.07. The first-order valence-corrected chi connectivity index (χ1v) is 6.06. The molecule has 0 bridgehead atoms. The van der Waals surface area contributed by atoms with Crippen LogP contribution in [0, 0.1) is 0 Å². The van der Waals surface area contributed by atoms with Crippen LogP contribution in [0.5, 0.6) is 0 Å². The topological polar surface area (TPSA) is 61.3 Å². The molecule has 4 N–H and O–H groups in total. The number of hydrogen-bond donors (Lipinski definition) is 2. The van der Waals surface area contributed by atoms with E-state index in [1.54, 1.807) is 11.8 Å². The molecular formula is C10H15ClN2OS. The molecule has 0 spiro atoms. The second kappa shape index (κ2) is 6.95. The largest absolute Gasteiger partial charge is 0.398 e. The SMILES string of the molecule is NCCOCCSc1c(N)cccc1Cl. The Labute approximate surface area is 99.1 Å². The van der Waals surface area contributed by atoms with Crippen LogP contribution in [0.1, 0.15) is 0 Å². The Kier molecular flexibility index (Phi) is 5.86. The first-order chi connectivity index (χ1) is 7.25. The maximum atomic E-state index is 6.01. The van der Waals surface area contributed by atoms with Gasteiger partial charge in [0.25, 0.3) is 0 Å². The summed E-state index contributed by atoms with van der Waals surface area (Å²) in [4.78, 5) is 0.926. The van der Waals surface area contributed by atoms with E-state index in [4.69, 9.17) is 27.8 Å². The molecule has 3 nitrogen and oxygen atoms in total. The molecule has 0 aliphatic carbocycles. The van der Waals surface area contributed by atoms with Gasteiger partial charge in [0, 0.05) is 22.9 Å². The lowest BCUT2D eigenvalue weighted by molar-refractivity contribution is 0.158. The van der Waals surface area contributed by atoms with Crippen molar-refractivity contribution < 1.29 is 4.74 Å². The van der Waals surface area contributed by atoms with Crippen molar-refractivity contribution >= 4 is 29.1 Å². The van der Waals surface area contributed by atoms with Gasteiger partial charge in [0.1, 0.15) is 0 Å². The maximum Gasteiger partial charge on any atom is 0.0589 e. The zero-order valence-electron chi connectivity index (χ0n) is 8.41. The van der Waals surface area contributed by atoms with Crippen LogP contribution in [-0.4, -0.2) is 25.5 Å². The van der Waals surface area contributed by atoms with Crippen LogP contribution in [0.4, 0.5) is 5.69 Å². The smallest absolute Gasteiger partial charge is 0.0589 e.